The summed E-state index contributed by atoms with van der Waals surface area (Å²) in [6, 6.07) is 9.59. The van der Waals surface area contributed by atoms with Gasteiger partial charge in [0.1, 0.15) is 0 Å². The molecule has 2 heterocycles. The molecular formula is C9H9BrN2. The first kappa shape index (κ1) is 9.00. The maximum atomic E-state index is 3.78. The standard InChI is InChI=1S/C5H5N.C4H4BrN/c1-2-4-6-5-3-1;5-4-2-1-3-6-4/h1-5H;1-3,6H. The molecule has 0 aliphatic heterocycles. The quantitative estimate of drug-likeness (QED) is 0.733. The Labute approximate surface area is 79.8 Å². The monoisotopic (exact) mass is 224 g/mol. The van der Waals surface area contributed by atoms with Gasteiger partial charge in [0, 0.05) is 18.6 Å². The Morgan fingerprint density at radius 3 is 2.00 bits per heavy atom. The third-order valence-corrected chi connectivity index (χ3v) is 1.62. The molecule has 0 aliphatic carbocycles. The predicted octanol–water partition coefficient (Wildman–Crippen LogP) is 2.86. The van der Waals surface area contributed by atoms with Gasteiger partial charge in [-0.1, -0.05) is 6.07 Å². The summed E-state index contributed by atoms with van der Waals surface area (Å²) in [6.07, 6.45) is 5.37. The summed E-state index contributed by atoms with van der Waals surface area (Å²) in [5.41, 5.74) is 0. The lowest BCUT2D eigenvalue weighted by molar-refractivity contribution is 1.33. The van der Waals surface area contributed by atoms with E-state index in [9.17, 15) is 0 Å². The summed E-state index contributed by atoms with van der Waals surface area (Å²) in [7, 11) is 0. The van der Waals surface area contributed by atoms with Gasteiger partial charge in [-0.3, -0.25) is 4.98 Å². The second-order valence-corrected chi connectivity index (χ2v) is 2.90. The highest BCUT2D eigenvalue weighted by Gasteiger charge is 1.75. The number of aromatic nitrogens is 2. The maximum Gasteiger partial charge on any atom is 0.0820 e. The van der Waals surface area contributed by atoms with E-state index in [4.69, 9.17) is 0 Å². The third-order valence-electron chi connectivity index (χ3n) is 1.13. The van der Waals surface area contributed by atoms with E-state index in [1.165, 1.54) is 0 Å². The van der Waals surface area contributed by atoms with E-state index in [1.807, 2.05) is 36.5 Å². The molecule has 0 amide bonds. The summed E-state index contributed by atoms with van der Waals surface area (Å²) in [6.45, 7) is 0. The number of nitrogens with zero attached hydrogens (tertiary/aromatic N) is 1. The summed E-state index contributed by atoms with van der Waals surface area (Å²) in [4.78, 5) is 6.70. The van der Waals surface area contributed by atoms with Crippen molar-refractivity contribution in [2.75, 3.05) is 0 Å². The van der Waals surface area contributed by atoms with Crippen molar-refractivity contribution in [2.45, 2.75) is 0 Å². The Bertz CT molecular complexity index is 252. The predicted molar refractivity (Wildman–Crippen MR) is 52.7 cm³/mol. The molecule has 2 aromatic heterocycles. The van der Waals surface area contributed by atoms with Crippen LogP contribution in [0.3, 0.4) is 0 Å². The number of halogens is 1. The van der Waals surface area contributed by atoms with Gasteiger partial charge in [0.15, 0.2) is 0 Å². The molecule has 0 unspecified atom stereocenters. The molecular weight excluding hydrogens is 216 g/mol. The number of H-pyrrole nitrogens is 1. The molecule has 0 atom stereocenters. The van der Waals surface area contributed by atoms with Crippen LogP contribution in [0.1, 0.15) is 0 Å². The SMILES string of the molecule is Brc1ccc[nH]1.c1ccncc1. The zero-order valence-corrected chi connectivity index (χ0v) is 8.03. The van der Waals surface area contributed by atoms with Gasteiger partial charge >= 0.3 is 0 Å². The zero-order chi connectivity index (χ0) is 8.65. The van der Waals surface area contributed by atoms with Crippen LogP contribution in [0.5, 0.6) is 0 Å². The Balaban J connectivity index is 0.000000120. The van der Waals surface area contributed by atoms with Gasteiger partial charge in [-0.05, 0) is 40.2 Å². The van der Waals surface area contributed by atoms with E-state index in [2.05, 4.69) is 25.9 Å². The first-order valence-electron chi connectivity index (χ1n) is 3.53. The maximum absolute atomic E-state index is 3.78. The van der Waals surface area contributed by atoms with E-state index in [-0.39, 0.29) is 0 Å². The zero-order valence-electron chi connectivity index (χ0n) is 6.44. The number of aromatic amines is 1. The second-order valence-electron chi connectivity index (χ2n) is 2.04. The van der Waals surface area contributed by atoms with Crippen molar-refractivity contribution < 1.29 is 0 Å². The van der Waals surface area contributed by atoms with Crippen molar-refractivity contribution in [1.29, 1.82) is 0 Å². The summed E-state index contributed by atoms with van der Waals surface area (Å²) in [5.74, 6) is 0. The molecule has 2 aromatic rings. The van der Waals surface area contributed by atoms with Crippen LogP contribution in [0.25, 0.3) is 0 Å². The highest BCUT2D eigenvalue weighted by molar-refractivity contribution is 9.10. The summed E-state index contributed by atoms with van der Waals surface area (Å²) >= 11 is 3.23. The fourth-order valence-corrected chi connectivity index (χ4v) is 0.906. The number of hydrogen-bond acceptors (Lipinski definition) is 1. The Kier molecular flexibility index (Phi) is 4.16. The molecule has 0 spiro atoms. The van der Waals surface area contributed by atoms with Gasteiger partial charge in [-0.2, -0.15) is 0 Å². The molecule has 3 heteroatoms. The second kappa shape index (κ2) is 5.55. The van der Waals surface area contributed by atoms with Crippen LogP contribution in [-0.2, 0) is 0 Å². The van der Waals surface area contributed by atoms with Gasteiger partial charge in [0.25, 0.3) is 0 Å². The Morgan fingerprint density at radius 1 is 1.08 bits per heavy atom. The van der Waals surface area contributed by atoms with Crippen LogP contribution in [0.2, 0.25) is 0 Å². The minimum absolute atomic E-state index is 1.03. The average Bonchev–Trinajstić information content (AvgIpc) is 2.60. The minimum atomic E-state index is 1.03. The molecule has 0 aromatic carbocycles. The highest BCUT2D eigenvalue weighted by Crippen LogP contribution is 2.01. The Morgan fingerprint density at radius 2 is 1.83 bits per heavy atom. The molecule has 0 fully saturated rings. The van der Waals surface area contributed by atoms with Gasteiger partial charge in [0.05, 0.1) is 4.60 Å². The fourth-order valence-electron chi connectivity index (χ4n) is 0.621. The van der Waals surface area contributed by atoms with Crippen LogP contribution in [0, 0.1) is 0 Å². The molecule has 0 saturated carbocycles. The molecule has 0 aliphatic rings. The highest BCUT2D eigenvalue weighted by atomic mass is 79.9. The van der Waals surface area contributed by atoms with E-state index < -0.39 is 0 Å². The van der Waals surface area contributed by atoms with Crippen molar-refractivity contribution in [3.05, 3.63) is 53.5 Å². The van der Waals surface area contributed by atoms with Crippen molar-refractivity contribution in [3.63, 3.8) is 0 Å². The van der Waals surface area contributed by atoms with Crippen molar-refractivity contribution in [3.8, 4) is 0 Å². The number of nitrogens with one attached hydrogen (secondary N) is 1. The molecule has 1 N–H and O–H groups in total. The van der Waals surface area contributed by atoms with E-state index in [1.54, 1.807) is 12.4 Å². The van der Waals surface area contributed by atoms with Crippen LogP contribution in [0.4, 0.5) is 0 Å². The van der Waals surface area contributed by atoms with Crippen LogP contribution in [-0.4, -0.2) is 9.97 Å². The Hall–Kier alpha value is -1.09. The minimum Gasteiger partial charge on any atom is -0.356 e. The van der Waals surface area contributed by atoms with Crippen LogP contribution >= 0.6 is 15.9 Å². The first-order chi connectivity index (χ1) is 5.89. The van der Waals surface area contributed by atoms with Crippen LogP contribution < -0.4 is 0 Å². The van der Waals surface area contributed by atoms with Crippen molar-refractivity contribution >= 4 is 15.9 Å². The van der Waals surface area contributed by atoms with Crippen LogP contribution in [0.15, 0.2) is 53.5 Å². The number of rotatable bonds is 0. The lowest BCUT2D eigenvalue weighted by Gasteiger charge is -1.70. The lowest BCUT2D eigenvalue weighted by Crippen LogP contribution is -1.58. The molecule has 0 saturated heterocycles. The normalized spacial score (nSPS) is 8.42. The van der Waals surface area contributed by atoms with Gasteiger partial charge in [0.2, 0.25) is 0 Å². The smallest absolute Gasteiger partial charge is 0.0820 e. The fraction of sp³-hybridized carbons (Fsp3) is 0. The summed E-state index contributed by atoms with van der Waals surface area (Å²) < 4.78 is 1.03. The number of pyridine rings is 1. The average molecular weight is 225 g/mol. The molecule has 2 nitrogen and oxygen atoms in total. The van der Waals surface area contributed by atoms with Crippen molar-refractivity contribution in [2.24, 2.45) is 0 Å². The molecule has 0 bridgehead atoms. The van der Waals surface area contributed by atoms with E-state index in [0.29, 0.717) is 0 Å². The van der Waals surface area contributed by atoms with E-state index in [0.717, 1.165) is 4.60 Å². The van der Waals surface area contributed by atoms with E-state index >= 15 is 0 Å². The number of hydrogen-bond donors (Lipinski definition) is 1. The lowest BCUT2D eigenvalue weighted by atomic mass is 10.5. The molecule has 0 radical (unpaired) electrons. The molecule has 2 rings (SSSR count). The molecule has 12 heavy (non-hydrogen) atoms. The largest absolute Gasteiger partial charge is 0.356 e. The molecule has 62 valence electrons. The van der Waals surface area contributed by atoms with Crippen molar-refractivity contribution in [1.82, 2.24) is 9.97 Å². The van der Waals surface area contributed by atoms with Gasteiger partial charge in [-0.15, -0.1) is 0 Å². The van der Waals surface area contributed by atoms with Gasteiger partial charge < -0.3 is 4.98 Å². The summed E-state index contributed by atoms with van der Waals surface area (Å²) in [5, 5.41) is 0. The van der Waals surface area contributed by atoms with Gasteiger partial charge in [-0.25, -0.2) is 0 Å². The third kappa shape index (κ3) is 3.93. The first-order valence-corrected chi connectivity index (χ1v) is 4.33. The topological polar surface area (TPSA) is 28.7 Å².